The minimum absolute atomic E-state index is 0.0410. The molecule has 0 saturated heterocycles. The number of carbonyl (C=O) groups excluding carboxylic acids is 1. The Morgan fingerprint density at radius 2 is 1.82 bits per heavy atom. The summed E-state index contributed by atoms with van der Waals surface area (Å²) in [5.41, 5.74) is 11.9. The van der Waals surface area contributed by atoms with E-state index in [2.05, 4.69) is 5.32 Å². The quantitative estimate of drug-likeness (QED) is 0.253. The number of hydrogen-bond donors (Lipinski definition) is 5. The number of carboxylic acids is 1. The van der Waals surface area contributed by atoms with Gasteiger partial charge in [-0.3, -0.25) is 13.9 Å². The number of nitrogens with two attached hydrogens (primary N) is 2. The number of aliphatic carboxylic acids is 1. The van der Waals surface area contributed by atoms with Crippen molar-refractivity contribution in [1.29, 1.82) is 0 Å². The van der Waals surface area contributed by atoms with Crippen LogP contribution in [0, 0.1) is 5.92 Å². The minimum atomic E-state index is -4.50. The van der Waals surface area contributed by atoms with E-state index in [1.807, 2.05) is 0 Å². The van der Waals surface area contributed by atoms with Crippen LogP contribution in [0.15, 0.2) is 30.3 Å². The first-order chi connectivity index (χ1) is 13.1. The Labute approximate surface area is 165 Å². The number of amides is 1. The fraction of sp³-hybridized carbons (Fsp3) is 0.556. The molecular weight excluding hydrogens is 385 g/mol. The summed E-state index contributed by atoms with van der Waals surface area (Å²) < 4.78 is 17.9. The van der Waals surface area contributed by atoms with Crippen LogP contribution < -0.4 is 16.8 Å². The number of nitrogens with one attached hydrogen (secondary N) is 1. The summed E-state index contributed by atoms with van der Waals surface area (Å²) in [5, 5.41) is 11.7. The third-order valence-corrected chi connectivity index (χ3v) is 6.17. The molecule has 0 heterocycles. The third-order valence-electron chi connectivity index (χ3n) is 4.19. The van der Waals surface area contributed by atoms with Crippen LogP contribution in [0.3, 0.4) is 0 Å². The summed E-state index contributed by atoms with van der Waals surface area (Å²) in [5.74, 6) is -3.80. The Balaban J connectivity index is 2.90. The van der Waals surface area contributed by atoms with Crippen molar-refractivity contribution in [2.45, 2.75) is 51.0 Å². The normalized spacial score (nSPS) is 16.8. The lowest BCUT2D eigenvalue weighted by atomic mass is 10.1. The van der Waals surface area contributed by atoms with Gasteiger partial charge in [0.05, 0.1) is 0 Å². The van der Waals surface area contributed by atoms with Gasteiger partial charge in [-0.25, -0.2) is 4.79 Å². The lowest BCUT2D eigenvalue weighted by molar-refractivity contribution is -0.145. The summed E-state index contributed by atoms with van der Waals surface area (Å²) in [6.45, 7) is 3.62. The number of carboxylic acid groups (broad SMARTS) is 1. The van der Waals surface area contributed by atoms with Crippen LogP contribution in [0.5, 0.6) is 0 Å². The fourth-order valence-electron chi connectivity index (χ4n) is 2.62. The predicted molar refractivity (Wildman–Crippen MR) is 105 cm³/mol. The Bertz CT molecular complexity index is 685. The van der Waals surface area contributed by atoms with Crippen LogP contribution in [0.2, 0.25) is 0 Å². The van der Waals surface area contributed by atoms with Crippen molar-refractivity contribution in [3.63, 3.8) is 0 Å². The molecule has 4 unspecified atom stereocenters. The molecule has 0 aliphatic carbocycles. The molecule has 0 saturated carbocycles. The Morgan fingerprint density at radius 1 is 1.21 bits per heavy atom. The number of rotatable bonds is 12. The van der Waals surface area contributed by atoms with Gasteiger partial charge in [-0.1, -0.05) is 44.2 Å². The Hall–Kier alpha value is -1.77. The molecule has 1 aromatic carbocycles. The number of hydrogen-bond acceptors (Lipinski definition) is 6. The zero-order valence-corrected chi connectivity index (χ0v) is 17.0. The highest BCUT2D eigenvalue weighted by Crippen LogP contribution is 2.50. The third kappa shape index (κ3) is 7.33. The van der Waals surface area contributed by atoms with E-state index in [9.17, 15) is 24.2 Å². The average Bonchev–Trinajstić information content (AvgIpc) is 2.64. The highest BCUT2D eigenvalue weighted by molar-refractivity contribution is 7.53. The largest absolute Gasteiger partial charge is 0.479 e. The molecule has 0 radical (unpaired) electrons. The molecule has 10 heteroatoms. The molecule has 4 atom stereocenters. The molecular formula is C18H30N3O6P. The van der Waals surface area contributed by atoms with Crippen molar-refractivity contribution in [3.05, 3.63) is 35.9 Å². The van der Waals surface area contributed by atoms with Gasteiger partial charge in [-0.2, -0.15) is 0 Å². The first kappa shape index (κ1) is 24.3. The Morgan fingerprint density at radius 3 is 2.32 bits per heavy atom. The maximum absolute atomic E-state index is 12.8. The van der Waals surface area contributed by atoms with Crippen LogP contribution in [0.1, 0.15) is 44.7 Å². The van der Waals surface area contributed by atoms with E-state index < -0.39 is 43.3 Å². The van der Waals surface area contributed by atoms with Crippen molar-refractivity contribution in [2.75, 3.05) is 6.54 Å². The smallest absolute Gasteiger partial charge is 0.351 e. The van der Waals surface area contributed by atoms with Crippen molar-refractivity contribution in [1.82, 2.24) is 5.32 Å². The molecule has 158 valence electrons. The second-order valence-corrected chi connectivity index (χ2v) is 8.76. The molecule has 7 N–H and O–H groups in total. The number of unbranched alkanes of at least 4 members (excludes halogenated alkanes) is 1. The second kappa shape index (κ2) is 11.3. The van der Waals surface area contributed by atoms with Crippen LogP contribution in [-0.4, -0.2) is 40.3 Å². The van der Waals surface area contributed by atoms with Gasteiger partial charge >= 0.3 is 13.6 Å². The lowest BCUT2D eigenvalue weighted by Crippen LogP contribution is -2.44. The zero-order valence-electron chi connectivity index (χ0n) is 16.2. The highest BCUT2D eigenvalue weighted by Gasteiger charge is 2.40. The fourth-order valence-corrected chi connectivity index (χ4v) is 4.35. The molecule has 1 aromatic rings. The van der Waals surface area contributed by atoms with Crippen molar-refractivity contribution < 1.29 is 28.7 Å². The first-order valence-corrected chi connectivity index (χ1v) is 10.8. The number of benzene rings is 1. The minimum Gasteiger partial charge on any atom is -0.479 e. The van der Waals surface area contributed by atoms with Crippen LogP contribution in [0.25, 0.3) is 0 Å². The molecule has 0 aromatic heterocycles. The average molecular weight is 415 g/mol. The lowest BCUT2D eigenvalue weighted by Gasteiger charge is -2.29. The molecule has 0 aliphatic rings. The molecule has 28 heavy (non-hydrogen) atoms. The van der Waals surface area contributed by atoms with Gasteiger partial charge in [-0.05, 0) is 37.3 Å². The van der Waals surface area contributed by atoms with E-state index in [1.54, 1.807) is 44.2 Å². The van der Waals surface area contributed by atoms with E-state index in [4.69, 9.17) is 16.0 Å². The summed E-state index contributed by atoms with van der Waals surface area (Å²) in [4.78, 5) is 34.3. The van der Waals surface area contributed by atoms with Crippen LogP contribution in [-0.2, 0) is 18.7 Å². The van der Waals surface area contributed by atoms with E-state index in [0.29, 0.717) is 24.9 Å². The van der Waals surface area contributed by atoms with E-state index in [-0.39, 0.29) is 6.42 Å². The molecule has 0 fully saturated rings. The SMILES string of the molecule is CC(C)C(NC(=O)C(N)c1ccccc1)P(=O)(O)OC(CCCCN)C(=O)O. The van der Waals surface area contributed by atoms with Gasteiger partial charge in [0.2, 0.25) is 5.91 Å². The maximum Gasteiger partial charge on any atom is 0.351 e. The summed E-state index contributed by atoms with van der Waals surface area (Å²) >= 11 is 0. The highest BCUT2D eigenvalue weighted by atomic mass is 31.2. The van der Waals surface area contributed by atoms with Gasteiger partial charge in [0.1, 0.15) is 11.8 Å². The van der Waals surface area contributed by atoms with Gasteiger partial charge in [0.25, 0.3) is 0 Å². The standard InChI is InChI=1S/C18H30N3O6P/c1-12(2)17(21-16(22)15(20)13-8-4-3-5-9-13)28(25,26)27-14(18(23)24)10-6-7-11-19/h3-5,8-9,12,14-15,17H,6-7,10-11,19-20H2,1-2H3,(H,21,22)(H,23,24)(H,25,26). The maximum atomic E-state index is 12.8. The molecule has 0 bridgehead atoms. The monoisotopic (exact) mass is 415 g/mol. The molecule has 1 rings (SSSR count). The Kier molecular flexibility index (Phi) is 9.78. The predicted octanol–water partition coefficient (Wildman–Crippen LogP) is 1.57. The van der Waals surface area contributed by atoms with E-state index >= 15 is 0 Å². The van der Waals surface area contributed by atoms with Crippen molar-refractivity contribution >= 4 is 19.5 Å². The van der Waals surface area contributed by atoms with Gasteiger partial charge in [0, 0.05) is 0 Å². The molecule has 0 spiro atoms. The van der Waals surface area contributed by atoms with Crippen LogP contribution in [0.4, 0.5) is 0 Å². The molecule has 1 amide bonds. The first-order valence-electron chi connectivity index (χ1n) is 9.14. The zero-order chi connectivity index (χ0) is 21.3. The van der Waals surface area contributed by atoms with Crippen molar-refractivity contribution in [3.8, 4) is 0 Å². The number of carbonyl (C=O) groups is 2. The van der Waals surface area contributed by atoms with Crippen LogP contribution >= 0.6 is 7.60 Å². The van der Waals surface area contributed by atoms with E-state index in [1.165, 1.54) is 0 Å². The van der Waals surface area contributed by atoms with E-state index in [0.717, 1.165) is 0 Å². The molecule has 9 nitrogen and oxygen atoms in total. The van der Waals surface area contributed by atoms with Crippen molar-refractivity contribution in [2.24, 2.45) is 17.4 Å². The van der Waals surface area contributed by atoms with Gasteiger partial charge in [-0.15, -0.1) is 0 Å². The topological polar surface area (TPSA) is 165 Å². The van der Waals surface area contributed by atoms with Gasteiger partial charge < -0.3 is 26.8 Å². The second-order valence-electron chi connectivity index (χ2n) is 6.87. The summed E-state index contributed by atoms with van der Waals surface area (Å²) in [6.07, 6.45) is -0.424. The molecule has 0 aliphatic heterocycles. The summed E-state index contributed by atoms with van der Waals surface area (Å²) in [7, 11) is -4.50. The summed E-state index contributed by atoms with van der Waals surface area (Å²) in [6, 6.07) is 7.52. The van der Waals surface area contributed by atoms with Gasteiger partial charge in [0.15, 0.2) is 6.10 Å².